The molecule has 0 unspecified atom stereocenters. The molecule has 1 aliphatic rings. The lowest BCUT2D eigenvalue weighted by molar-refractivity contribution is -0.117. The minimum absolute atomic E-state index is 0.0989. The van der Waals surface area contributed by atoms with Crippen molar-refractivity contribution < 1.29 is 9.53 Å². The van der Waals surface area contributed by atoms with Crippen LogP contribution in [0.2, 0.25) is 0 Å². The van der Waals surface area contributed by atoms with Crippen molar-refractivity contribution in [2.75, 3.05) is 11.9 Å². The Balaban J connectivity index is 1.88. The lowest BCUT2D eigenvalue weighted by Crippen LogP contribution is -2.17. The summed E-state index contributed by atoms with van der Waals surface area (Å²) in [5.74, 6) is 0.990. The van der Waals surface area contributed by atoms with E-state index in [2.05, 4.69) is 5.32 Å². The average molecular weight is 250 g/mol. The highest BCUT2D eigenvalue weighted by Crippen LogP contribution is 2.30. The van der Waals surface area contributed by atoms with Crippen molar-refractivity contribution in [1.29, 1.82) is 0 Å². The van der Waals surface area contributed by atoms with Crippen molar-refractivity contribution in [3.8, 4) is 5.75 Å². The van der Waals surface area contributed by atoms with Gasteiger partial charge in [0.1, 0.15) is 17.3 Å². The van der Waals surface area contributed by atoms with Gasteiger partial charge in [-0.15, -0.1) is 0 Å². The van der Waals surface area contributed by atoms with Crippen molar-refractivity contribution in [3.05, 3.63) is 24.3 Å². The fraction of sp³-hybridized carbons (Fsp3) is 0.333. The Morgan fingerprint density at radius 1 is 1.41 bits per heavy atom. The molecular formula is C12H14N2O2S. The van der Waals surface area contributed by atoms with Gasteiger partial charge in [0, 0.05) is 11.6 Å². The highest BCUT2D eigenvalue weighted by Gasteiger charge is 2.29. The summed E-state index contributed by atoms with van der Waals surface area (Å²) in [5, 5.41) is 2.85. The standard InChI is InChI=1S/C12H14N2O2S/c13-11(17)7-16-10-5-3-9(4-6-10)14-12(15)8-1-2-8/h3-6,8H,1-2,7H2,(H2,13,17)(H,14,15). The van der Waals surface area contributed by atoms with Gasteiger partial charge in [-0.25, -0.2) is 0 Å². The SMILES string of the molecule is NC(=S)COc1ccc(NC(=O)C2CC2)cc1. The first kappa shape index (κ1) is 11.9. The van der Waals surface area contributed by atoms with Crippen LogP contribution in [0.25, 0.3) is 0 Å². The molecule has 3 N–H and O–H groups in total. The van der Waals surface area contributed by atoms with Crippen LogP contribution in [0.3, 0.4) is 0 Å². The predicted octanol–water partition coefficient (Wildman–Crippen LogP) is 1.70. The predicted molar refractivity (Wildman–Crippen MR) is 70.1 cm³/mol. The Hall–Kier alpha value is -1.62. The molecule has 0 atom stereocenters. The van der Waals surface area contributed by atoms with E-state index in [0.717, 1.165) is 18.5 Å². The Labute approximate surface area is 105 Å². The Kier molecular flexibility index (Phi) is 3.58. The summed E-state index contributed by atoms with van der Waals surface area (Å²) in [6, 6.07) is 7.16. The van der Waals surface area contributed by atoms with Crippen LogP contribution in [0.5, 0.6) is 5.75 Å². The third kappa shape index (κ3) is 3.71. The number of hydrogen-bond donors (Lipinski definition) is 2. The van der Waals surface area contributed by atoms with Crippen molar-refractivity contribution in [2.45, 2.75) is 12.8 Å². The molecule has 0 heterocycles. The van der Waals surface area contributed by atoms with Gasteiger partial charge < -0.3 is 15.8 Å². The number of nitrogens with two attached hydrogens (primary N) is 1. The van der Waals surface area contributed by atoms with Crippen LogP contribution in [-0.2, 0) is 4.79 Å². The molecule has 1 aliphatic carbocycles. The smallest absolute Gasteiger partial charge is 0.227 e. The highest BCUT2D eigenvalue weighted by molar-refractivity contribution is 7.80. The Morgan fingerprint density at radius 2 is 2.06 bits per heavy atom. The van der Waals surface area contributed by atoms with Gasteiger partial charge >= 0.3 is 0 Å². The van der Waals surface area contributed by atoms with E-state index < -0.39 is 0 Å². The van der Waals surface area contributed by atoms with Crippen LogP contribution in [0.1, 0.15) is 12.8 Å². The third-order valence-corrected chi connectivity index (χ3v) is 2.57. The van der Waals surface area contributed by atoms with Crippen molar-refractivity contribution in [1.82, 2.24) is 0 Å². The van der Waals surface area contributed by atoms with E-state index in [1.807, 2.05) is 0 Å². The number of benzene rings is 1. The van der Waals surface area contributed by atoms with Gasteiger partial charge in [0.25, 0.3) is 0 Å². The van der Waals surface area contributed by atoms with Crippen LogP contribution >= 0.6 is 12.2 Å². The van der Waals surface area contributed by atoms with Gasteiger partial charge in [-0.05, 0) is 37.1 Å². The number of nitrogens with one attached hydrogen (secondary N) is 1. The number of rotatable bonds is 5. The van der Waals surface area contributed by atoms with Crippen LogP contribution in [0.4, 0.5) is 5.69 Å². The van der Waals surface area contributed by atoms with E-state index in [9.17, 15) is 4.79 Å². The molecule has 1 aromatic rings. The Bertz CT molecular complexity index is 427. The molecule has 0 aliphatic heterocycles. The van der Waals surface area contributed by atoms with E-state index in [1.54, 1.807) is 24.3 Å². The number of carbonyl (C=O) groups excluding carboxylic acids is 1. The zero-order valence-corrected chi connectivity index (χ0v) is 10.1. The molecule has 0 spiro atoms. The maximum Gasteiger partial charge on any atom is 0.227 e. The minimum Gasteiger partial charge on any atom is -0.487 e. The first-order valence-electron chi connectivity index (χ1n) is 5.47. The second-order valence-electron chi connectivity index (χ2n) is 4.04. The molecule has 2 rings (SSSR count). The average Bonchev–Trinajstić information content (AvgIpc) is 3.12. The summed E-state index contributed by atoms with van der Waals surface area (Å²) in [7, 11) is 0. The van der Waals surface area contributed by atoms with Gasteiger partial charge in [0.2, 0.25) is 5.91 Å². The number of amides is 1. The fourth-order valence-electron chi connectivity index (χ4n) is 1.38. The largest absolute Gasteiger partial charge is 0.487 e. The van der Waals surface area contributed by atoms with E-state index >= 15 is 0 Å². The topological polar surface area (TPSA) is 64.3 Å². The fourth-order valence-corrected chi connectivity index (χ4v) is 1.44. The van der Waals surface area contributed by atoms with Gasteiger partial charge in [-0.2, -0.15) is 0 Å². The summed E-state index contributed by atoms with van der Waals surface area (Å²) in [4.78, 5) is 11.8. The molecular weight excluding hydrogens is 236 g/mol. The number of thiocarbonyl (C=S) groups is 1. The number of anilines is 1. The first-order valence-corrected chi connectivity index (χ1v) is 5.88. The normalized spacial score (nSPS) is 14.1. The third-order valence-electron chi connectivity index (χ3n) is 2.45. The van der Waals surface area contributed by atoms with E-state index in [0.29, 0.717) is 10.7 Å². The van der Waals surface area contributed by atoms with Crippen LogP contribution < -0.4 is 15.8 Å². The van der Waals surface area contributed by atoms with E-state index in [1.165, 1.54) is 0 Å². The first-order chi connectivity index (χ1) is 8.15. The van der Waals surface area contributed by atoms with Crippen molar-refractivity contribution in [2.24, 2.45) is 11.7 Å². The zero-order chi connectivity index (χ0) is 12.3. The molecule has 4 nitrogen and oxygen atoms in total. The summed E-state index contributed by atoms with van der Waals surface area (Å²) >= 11 is 4.71. The van der Waals surface area contributed by atoms with Gasteiger partial charge in [-0.1, -0.05) is 12.2 Å². The van der Waals surface area contributed by atoms with Crippen molar-refractivity contribution in [3.63, 3.8) is 0 Å². The maximum absolute atomic E-state index is 11.5. The molecule has 0 radical (unpaired) electrons. The summed E-state index contributed by atoms with van der Waals surface area (Å²) < 4.78 is 5.31. The number of hydrogen-bond acceptors (Lipinski definition) is 3. The van der Waals surface area contributed by atoms with Crippen LogP contribution in [-0.4, -0.2) is 17.5 Å². The zero-order valence-electron chi connectivity index (χ0n) is 9.31. The molecule has 5 heteroatoms. The molecule has 90 valence electrons. The van der Waals surface area contributed by atoms with Crippen molar-refractivity contribution >= 4 is 28.8 Å². The number of carbonyl (C=O) groups is 1. The molecule has 0 saturated heterocycles. The maximum atomic E-state index is 11.5. The van der Waals surface area contributed by atoms with Gasteiger partial charge in [-0.3, -0.25) is 4.79 Å². The van der Waals surface area contributed by atoms with Crippen LogP contribution in [0, 0.1) is 5.92 Å². The van der Waals surface area contributed by atoms with Gasteiger partial charge in [0.15, 0.2) is 0 Å². The summed E-state index contributed by atoms with van der Waals surface area (Å²) in [6.07, 6.45) is 2.00. The molecule has 1 fully saturated rings. The second-order valence-corrected chi connectivity index (χ2v) is 4.57. The lowest BCUT2D eigenvalue weighted by atomic mass is 10.3. The second kappa shape index (κ2) is 5.14. The Morgan fingerprint density at radius 3 is 2.59 bits per heavy atom. The minimum atomic E-state index is 0.0989. The molecule has 1 amide bonds. The van der Waals surface area contributed by atoms with Gasteiger partial charge in [0.05, 0.1) is 0 Å². The summed E-state index contributed by atoms with van der Waals surface area (Å²) in [5.41, 5.74) is 6.11. The number of ether oxygens (including phenoxy) is 1. The molecule has 0 bridgehead atoms. The molecule has 1 aromatic carbocycles. The summed E-state index contributed by atoms with van der Waals surface area (Å²) in [6.45, 7) is 0.225. The molecule has 1 saturated carbocycles. The molecule has 0 aromatic heterocycles. The lowest BCUT2D eigenvalue weighted by Gasteiger charge is -2.07. The monoisotopic (exact) mass is 250 g/mol. The van der Waals surface area contributed by atoms with Crippen LogP contribution in [0.15, 0.2) is 24.3 Å². The van der Waals surface area contributed by atoms with E-state index in [-0.39, 0.29) is 18.4 Å². The quantitative estimate of drug-likeness (QED) is 0.781. The van der Waals surface area contributed by atoms with E-state index in [4.69, 9.17) is 22.7 Å². The molecule has 17 heavy (non-hydrogen) atoms. The highest BCUT2D eigenvalue weighted by atomic mass is 32.1.